The molecule has 1 atom stereocenters. The Morgan fingerprint density at radius 1 is 1.08 bits per heavy atom. The first-order chi connectivity index (χ1) is 11.7. The van der Waals surface area contributed by atoms with Crippen molar-refractivity contribution < 1.29 is 17.9 Å². The van der Waals surface area contributed by atoms with Gasteiger partial charge in [-0.2, -0.15) is 0 Å². The highest BCUT2D eigenvalue weighted by molar-refractivity contribution is 7.90. The molecule has 2 amide bonds. The second kappa shape index (κ2) is 7.57. The second-order valence-corrected chi connectivity index (χ2v) is 7.80. The number of carbonyl (C=O) groups is 1. The van der Waals surface area contributed by atoms with Crippen molar-refractivity contribution in [2.24, 2.45) is 0 Å². The number of carbonyl (C=O) groups excluding carboxylic acids is 1. The van der Waals surface area contributed by atoms with Crippen LogP contribution in [0.1, 0.15) is 18.5 Å². The molecule has 0 aromatic heterocycles. The predicted octanol–water partition coefficient (Wildman–Crippen LogP) is 3.32. The van der Waals surface area contributed by atoms with Gasteiger partial charge in [0.05, 0.1) is 18.0 Å². The zero-order valence-electron chi connectivity index (χ0n) is 14.7. The Hall–Kier alpha value is -2.54. The molecule has 0 aliphatic heterocycles. The maximum Gasteiger partial charge on any atom is 0.322 e. The largest absolute Gasteiger partial charge is 0.497 e. The Morgan fingerprint density at radius 2 is 1.64 bits per heavy atom. The molecule has 0 aliphatic carbocycles. The van der Waals surface area contributed by atoms with Gasteiger partial charge in [-0.15, -0.1) is 0 Å². The number of amides is 2. The molecule has 1 N–H and O–H groups in total. The van der Waals surface area contributed by atoms with Crippen LogP contribution in [0.25, 0.3) is 0 Å². The topological polar surface area (TPSA) is 75.7 Å². The lowest BCUT2D eigenvalue weighted by Crippen LogP contribution is -2.33. The first-order valence-electron chi connectivity index (χ1n) is 7.70. The van der Waals surface area contributed by atoms with E-state index in [2.05, 4.69) is 5.32 Å². The molecule has 0 saturated carbocycles. The van der Waals surface area contributed by atoms with Gasteiger partial charge in [-0.05, 0) is 48.9 Å². The van der Waals surface area contributed by atoms with E-state index in [1.807, 2.05) is 6.92 Å². The van der Waals surface area contributed by atoms with Crippen LogP contribution in [0.15, 0.2) is 53.4 Å². The number of rotatable bonds is 5. The molecule has 134 valence electrons. The van der Waals surface area contributed by atoms with Crippen LogP contribution in [0, 0.1) is 0 Å². The first kappa shape index (κ1) is 18.8. The van der Waals surface area contributed by atoms with Gasteiger partial charge in [0.2, 0.25) is 0 Å². The van der Waals surface area contributed by atoms with Crippen molar-refractivity contribution in [3.05, 3.63) is 54.1 Å². The SMILES string of the molecule is COc1ccc(NC(=O)N(C)[C@@H](C)c2ccc(S(C)(=O)=O)cc2)cc1. The molecule has 0 saturated heterocycles. The summed E-state index contributed by atoms with van der Waals surface area (Å²) in [5.41, 5.74) is 1.51. The van der Waals surface area contributed by atoms with E-state index in [4.69, 9.17) is 4.74 Å². The second-order valence-electron chi connectivity index (χ2n) is 5.79. The number of hydrogen-bond donors (Lipinski definition) is 1. The Morgan fingerprint density at radius 3 is 2.12 bits per heavy atom. The van der Waals surface area contributed by atoms with Gasteiger partial charge in [-0.1, -0.05) is 12.1 Å². The third-order valence-corrected chi connectivity index (χ3v) is 5.16. The third-order valence-electron chi connectivity index (χ3n) is 4.03. The molecule has 0 heterocycles. The molecular weight excluding hydrogens is 340 g/mol. The van der Waals surface area contributed by atoms with E-state index in [0.717, 1.165) is 5.56 Å². The van der Waals surface area contributed by atoms with Gasteiger partial charge in [0.1, 0.15) is 5.75 Å². The average Bonchev–Trinajstić information content (AvgIpc) is 2.60. The number of methoxy groups -OCH3 is 1. The summed E-state index contributed by atoms with van der Waals surface area (Å²) in [7, 11) is 0.0385. The summed E-state index contributed by atoms with van der Waals surface area (Å²) in [6, 6.07) is 13.1. The van der Waals surface area contributed by atoms with E-state index in [1.165, 1.54) is 6.26 Å². The molecule has 0 unspecified atom stereocenters. The number of urea groups is 1. The summed E-state index contributed by atoms with van der Waals surface area (Å²) in [4.78, 5) is 14.2. The maximum atomic E-state index is 12.4. The van der Waals surface area contributed by atoms with Gasteiger partial charge in [0.15, 0.2) is 9.84 Å². The van der Waals surface area contributed by atoms with E-state index in [1.54, 1.807) is 67.6 Å². The zero-order valence-corrected chi connectivity index (χ0v) is 15.5. The van der Waals surface area contributed by atoms with Crippen molar-refractivity contribution in [2.45, 2.75) is 17.9 Å². The summed E-state index contributed by atoms with van der Waals surface area (Å²) in [5, 5.41) is 2.81. The van der Waals surface area contributed by atoms with Crippen LogP contribution in [0.4, 0.5) is 10.5 Å². The summed E-state index contributed by atoms with van der Waals surface area (Å²) in [5.74, 6) is 0.714. The van der Waals surface area contributed by atoms with Crippen LogP contribution in [0.5, 0.6) is 5.75 Å². The van der Waals surface area contributed by atoms with Crippen LogP contribution in [-0.2, 0) is 9.84 Å². The minimum Gasteiger partial charge on any atom is -0.497 e. The normalized spacial score (nSPS) is 12.3. The molecule has 0 fully saturated rings. The summed E-state index contributed by atoms with van der Waals surface area (Å²) < 4.78 is 28.1. The Balaban J connectivity index is 2.07. The monoisotopic (exact) mass is 362 g/mol. The number of benzene rings is 2. The molecule has 0 spiro atoms. The quantitative estimate of drug-likeness (QED) is 0.885. The number of ether oxygens (including phenoxy) is 1. The van der Waals surface area contributed by atoms with Gasteiger partial charge in [0, 0.05) is 19.0 Å². The molecule has 7 heteroatoms. The fourth-order valence-corrected chi connectivity index (χ4v) is 2.91. The third kappa shape index (κ3) is 4.73. The Bertz CT molecular complexity index is 830. The fourth-order valence-electron chi connectivity index (χ4n) is 2.28. The fraction of sp³-hybridized carbons (Fsp3) is 0.278. The van der Waals surface area contributed by atoms with Crippen molar-refractivity contribution in [3.63, 3.8) is 0 Å². The standard InChI is InChI=1S/C18H22N2O4S/c1-13(14-5-11-17(12-6-14)25(4,22)23)20(2)18(21)19-15-7-9-16(24-3)10-8-15/h5-13H,1-4H3,(H,19,21)/t13-/m0/s1. The lowest BCUT2D eigenvalue weighted by Gasteiger charge is -2.25. The van der Waals surface area contributed by atoms with Gasteiger partial charge < -0.3 is 15.0 Å². The highest BCUT2D eigenvalue weighted by Gasteiger charge is 2.18. The molecular formula is C18H22N2O4S. The molecule has 0 aliphatic rings. The number of nitrogens with zero attached hydrogens (tertiary/aromatic N) is 1. The number of nitrogens with one attached hydrogen (secondary N) is 1. The maximum absolute atomic E-state index is 12.4. The Labute approximate surface area is 148 Å². The molecule has 6 nitrogen and oxygen atoms in total. The first-order valence-corrected chi connectivity index (χ1v) is 9.59. The smallest absolute Gasteiger partial charge is 0.322 e. The van der Waals surface area contributed by atoms with Crippen LogP contribution in [0.2, 0.25) is 0 Å². The highest BCUT2D eigenvalue weighted by Crippen LogP contribution is 2.22. The number of anilines is 1. The summed E-state index contributed by atoms with van der Waals surface area (Å²) >= 11 is 0. The molecule has 2 aromatic rings. The van der Waals surface area contributed by atoms with Gasteiger partial charge in [-0.3, -0.25) is 0 Å². The minimum atomic E-state index is -3.23. The van der Waals surface area contributed by atoms with Gasteiger partial charge >= 0.3 is 6.03 Å². The average molecular weight is 362 g/mol. The molecule has 2 rings (SSSR count). The predicted molar refractivity (Wildman–Crippen MR) is 97.7 cm³/mol. The molecule has 0 radical (unpaired) electrons. The van der Waals surface area contributed by atoms with Crippen LogP contribution >= 0.6 is 0 Å². The lowest BCUT2D eigenvalue weighted by atomic mass is 10.1. The van der Waals surface area contributed by atoms with Crippen LogP contribution < -0.4 is 10.1 Å². The molecule has 0 bridgehead atoms. The van der Waals surface area contributed by atoms with Crippen molar-refractivity contribution in [3.8, 4) is 5.75 Å². The van der Waals surface area contributed by atoms with E-state index in [-0.39, 0.29) is 17.0 Å². The van der Waals surface area contributed by atoms with E-state index in [9.17, 15) is 13.2 Å². The van der Waals surface area contributed by atoms with Gasteiger partial charge in [0.25, 0.3) is 0 Å². The molecule has 25 heavy (non-hydrogen) atoms. The van der Waals surface area contributed by atoms with Crippen molar-refractivity contribution in [1.82, 2.24) is 4.90 Å². The zero-order chi connectivity index (χ0) is 18.6. The van der Waals surface area contributed by atoms with E-state index in [0.29, 0.717) is 11.4 Å². The van der Waals surface area contributed by atoms with Gasteiger partial charge in [-0.25, -0.2) is 13.2 Å². The summed E-state index contributed by atoms with van der Waals surface area (Å²) in [6.07, 6.45) is 1.17. The van der Waals surface area contributed by atoms with Crippen molar-refractivity contribution in [2.75, 3.05) is 25.7 Å². The van der Waals surface area contributed by atoms with Crippen LogP contribution in [0.3, 0.4) is 0 Å². The molecule has 2 aromatic carbocycles. The number of hydrogen-bond acceptors (Lipinski definition) is 4. The summed E-state index contributed by atoms with van der Waals surface area (Å²) in [6.45, 7) is 1.88. The van der Waals surface area contributed by atoms with Crippen LogP contribution in [-0.4, -0.2) is 39.8 Å². The number of sulfone groups is 1. The minimum absolute atomic E-state index is 0.216. The highest BCUT2D eigenvalue weighted by atomic mass is 32.2. The lowest BCUT2D eigenvalue weighted by molar-refractivity contribution is 0.208. The van der Waals surface area contributed by atoms with E-state index >= 15 is 0 Å². The van der Waals surface area contributed by atoms with E-state index < -0.39 is 9.84 Å². The van der Waals surface area contributed by atoms with Crippen molar-refractivity contribution in [1.29, 1.82) is 0 Å². The Kier molecular flexibility index (Phi) is 5.69. The van der Waals surface area contributed by atoms with Crippen molar-refractivity contribution >= 4 is 21.6 Å².